The van der Waals surface area contributed by atoms with Gasteiger partial charge in [0.2, 0.25) is 0 Å². The zero-order valence-corrected chi connectivity index (χ0v) is 30.0. The average molecular weight is 699 g/mol. The molecule has 1 aromatic heterocycles. The van der Waals surface area contributed by atoms with Gasteiger partial charge in [0, 0.05) is 33.5 Å². The molecule has 55 heavy (non-hydrogen) atoms. The summed E-state index contributed by atoms with van der Waals surface area (Å²) in [6.07, 6.45) is 0. The smallest absolute Gasteiger partial charge is 0.0732 e. The second-order valence-electron chi connectivity index (χ2n) is 14.8. The van der Waals surface area contributed by atoms with Gasteiger partial charge in [0.15, 0.2) is 0 Å². The fourth-order valence-corrected chi connectivity index (χ4v) is 10.0. The minimum Gasteiger partial charge on any atom is -0.310 e. The molecule has 1 spiro atoms. The van der Waals surface area contributed by atoms with Crippen molar-refractivity contribution in [3.63, 3.8) is 0 Å². The number of para-hydroxylation sites is 3. The Morgan fingerprint density at radius 2 is 0.909 bits per heavy atom. The quantitative estimate of drug-likeness (QED) is 0.178. The summed E-state index contributed by atoms with van der Waals surface area (Å²) in [6.45, 7) is 0. The SMILES string of the molecule is c1ccc(N(c2ccc3c(c2)C2(c4ccccc4-3)c3ccccc3-c3ccc4ccccc4c32)c2ccc3c(c2)c2ccccc2n3-c2ccccc2)cc1. The number of hydrogen-bond acceptors (Lipinski definition) is 1. The molecule has 2 nitrogen and oxygen atoms in total. The highest BCUT2D eigenvalue weighted by Crippen LogP contribution is 2.64. The molecule has 2 aliphatic carbocycles. The van der Waals surface area contributed by atoms with Crippen molar-refractivity contribution in [2.24, 2.45) is 0 Å². The predicted molar refractivity (Wildman–Crippen MR) is 229 cm³/mol. The van der Waals surface area contributed by atoms with Crippen LogP contribution in [0.15, 0.2) is 206 Å². The highest BCUT2D eigenvalue weighted by atomic mass is 15.1. The summed E-state index contributed by atoms with van der Waals surface area (Å²) in [5.41, 5.74) is 17.1. The molecule has 1 atom stereocenters. The zero-order valence-electron chi connectivity index (χ0n) is 30.0. The third-order valence-electron chi connectivity index (χ3n) is 12.2. The van der Waals surface area contributed by atoms with E-state index in [1.807, 2.05) is 0 Å². The highest BCUT2D eigenvalue weighted by molar-refractivity contribution is 6.11. The van der Waals surface area contributed by atoms with E-state index >= 15 is 0 Å². The Morgan fingerprint density at radius 3 is 1.71 bits per heavy atom. The lowest BCUT2D eigenvalue weighted by molar-refractivity contribution is 0.801. The third kappa shape index (κ3) is 4.08. The molecule has 1 unspecified atom stereocenters. The Bertz CT molecular complexity index is 3140. The Balaban J connectivity index is 1.14. The van der Waals surface area contributed by atoms with Crippen molar-refractivity contribution in [3.8, 4) is 27.9 Å². The second kappa shape index (κ2) is 11.4. The van der Waals surface area contributed by atoms with Crippen LogP contribution in [0.4, 0.5) is 17.1 Å². The number of aromatic nitrogens is 1. The zero-order chi connectivity index (χ0) is 36.1. The number of nitrogens with zero attached hydrogens (tertiary/aromatic N) is 2. The van der Waals surface area contributed by atoms with E-state index in [1.54, 1.807) is 0 Å². The van der Waals surface area contributed by atoms with Gasteiger partial charge in [-0.25, -0.2) is 0 Å². The van der Waals surface area contributed by atoms with Gasteiger partial charge in [-0.3, -0.25) is 0 Å². The van der Waals surface area contributed by atoms with Gasteiger partial charge >= 0.3 is 0 Å². The summed E-state index contributed by atoms with van der Waals surface area (Å²) < 4.78 is 2.39. The van der Waals surface area contributed by atoms with Crippen LogP contribution in [0.3, 0.4) is 0 Å². The van der Waals surface area contributed by atoms with Crippen molar-refractivity contribution in [2.45, 2.75) is 5.41 Å². The molecular formula is C53H34N2. The molecule has 2 heteroatoms. The maximum absolute atomic E-state index is 2.49. The fraction of sp³-hybridized carbons (Fsp3) is 0.0189. The topological polar surface area (TPSA) is 8.17 Å². The second-order valence-corrected chi connectivity index (χ2v) is 14.8. The lowest BCUT2D eigenvalue weighted by Crippen LogP contribution is -2.26. The number of fused-ring (bicyclic) bond motifs is 15. The Morgan fingerprint density at radius 1 is 0.345 bits per heavy atom. The summed E-state index contributed by atoms with van der Waals surface area (Å²) in [5.74, 6) is 0. The van der Waals surface area contributed by atoms with Crippen molar-refractivity contribution in [1.82, 2.24) is 4.57 Å². The number of rotatable bonds is 4. The summed E-state index contributed by atoms with van der Waals surface area (Å²) in [5, 5.41) is 5.05. The first-order valence-corrected chi connectivity index (χ1v) is 19.1. The maximum Gasteiger partial charge on any atom is 0.0732 e. The molecule has 2 aliphatic rings. The van der Waals surface area contributed by atoms with Crippen molar-refractivity contribution < 1.29 is 0 Å². The molecule has 0 bridgehead atoms. The van der Waals surface area contributed by atoms with E-state index in [9.17, 15) is 0 Å². The summed E-state index contributed by atoms with van der Waals surface area (Å²) >= 11 is 0. The van der Waals surface area contributed by atoms with Crippen LogP contribution in [0.2, 0.25) is 0 Å². The van der Waals surface area contributed by atoms with Gasteiger partial charge in [-0.1, -0.05) is 146 Å². The van der Waals surface area contributed by atoms with Crippen LogP contribution >= 0.6 is 0 Å². The van der Waals surface area contributed by atoms with E-state index in [-0.39, 0.29) is 0 Å². The minimum absolute atomic E-state index is 0.468. The van der Waals surface area contributed by atoms with Crippen molar-refractivity contribution in [2.75, 3.05) is 4.90 Å². The van der Waals surface area contributed by atoms with Crippen molar-refractivity contribution >= 4 is 49.6 Å². The van der Waals surface area contributed by atoms with Crippen molar-refractivity contribution in [1.29, 1.82) is 0 Å². The van der Waals surface area contributed by atoms with Crippen LogP contribution in [0.1, 0.15) is 22.3 Å². The molecule has 12 rings (SSSR count). The number of anilines is 3. The molecule has 9 aromatic carbocycles. The summed E-state index contributed by atoms with van der Waals surface area (Å²) in [6, 6.07) is 76.2. The van der Waals surface area contributed by atoms with Crippen LogP contribution in [0.5, 0.6) is 0 Å². The van der Waals surface area contributed by atoms with E-state index in [1.165, 1.54) is 77.1 Å². The normalized spacial score (nSPS) is 15.0. The van der Waals surface area contributed by atoms with E-state index in [4.69, 9.17) is 0 Å². The van der Waals surface area contributed by atoms with Gasteiger partial charge in [0.1, 0.15) is 0 Å². The van der Waals surface area contributed by atoms with Gasteiger partial charge in [-0.15, -0.1) is 0 Å². The van der Waals surface area contributed by atoms with E-state index in [0.29, 0.717) is 0 Å². The summed E-state index contributed by atoms with van der Waals surface area (Å²) in [7, 11) is 0. The van der Waals surface area contributed by atoms with Gasteiger partial charge < -0.3 is 9.47 Å². The highest BCUT2D eigenvalue weighted by Gasteiger charge is 2.52. The Labute approximate surface area is 319 Å². The van der Waals surface area contributed by atoms with E-state index < -0.39 is 5.41 Å². The van der Waals surface area contributed by atoms with Gasteiger partial charge in [-0.2, -0.15) is 0 Å². The largest absolute Gasteiger partial charge is 0.310 e. The van der Waals surface area contributed by atoms with E-state index in [2.05, 4.69) is 216 Å². The Kier molecular flexibility index (Phi) is 6.29. The molecule has 0 N–H and O–H groups in total. The molecule has 0 radical (unpaired) electrons. The first kappa shape index (κ1) is 30.3. The van der Waals surface area contributed by atoms with Crippen LogP contribution < -0.4 is 4.90 Å². The van der Waals surface area contributed by atoms with Gasteiger partial charge in [0.25, 0.3) is 0 Å². The lowest BCUT2D eigenvalue weighted by atomic mass is 9.69. The first-order chi connectivity index (χ1) is 27.3. The average Bonchev–Trinajstić information content (AvgIpc) is 3.86. The monoisotopic (exact) mass is 698 g/mol. The molecule has 0 saturated heterocycles. The molecule has 0 fully saturated rings. The molecule has 256 valence electrons. The third-order valence-corrected chi connectivity index (χ3v) is 12.2. The predicted octanol–water partition coefficient (Wildman–Crippen LogP) is 13.8. The molecule has 1 heterocycles. The minimum atomic E-state index is -0.468. The number of benzene rings is 9. The van der Waals surface area contributed by atoms with Gasteiger partial charge in [0.05, 0.1) is 16.4 Å². The number of hydrogen-bond donors (Lipinski definition) is 0. The molecule has 10 aromatic rings. The molecular weight excluding hydrogens is 665 g/mol. The van der Waals surface area contributed by atoms with Crippen molar-refractivity contribution in [3.05, 3.63) is 229 Å². The summed E-state index contributed by atoms with van der Waals surface area (Å²) in [4.78, 5) is 2.44. The van der Waals surface area contributed by atoms with Crippen LogP contribution in [0, 0.1) is 0 Å². The fourth-order valence-electron chi connectivity index (χ4n) is 10.0. The van der Waals surface area contributed by atoms with E-state index in [0.717, 1.165) is 22.7 Å². The molecule has 0 amide bonds. The van der Waals surface area contributed by atoms with Gasteiger partial charge in [-0.05, 0) is 116 Å². The Hall–Kier alpha value is -7.16. The molecule has 0 aliphatic heterocycles. The standard InChI is InChI=1S/C53H34N2/c1-3-16-36(17-4-1)54(38-29-32-51-46(33-38)44-23-11-14-26-50(44)55(51)37-18-5-2-6-19-37)39-28-31-43-41-21-9-12-24-47(41)53(49(43)34-39)48-25-13-10-22-42(48)45-30-27-35-15-7-8-20-40(35)52(45)53/h1-34H. The maximum atomic E-state index is 2.49. The van der Waals surface area contributed by atoms with Crippen LogP contribution in [-0.2, 0) is 5.41 Å². The van der Waals surface area contributed by atoms with Crippen LogP contribution in [-0.4, -0.2) is 4.57 Å². The van der Waals surface area contributed by atoms with Crippen LogP contribution in [0.25, 0.3) is 60.5 Å². The lowest BCUT2D eigenvalue weighted by Gasteiger charge is -2.33. The first-order valence-electron chi connectivity index (χ1n) is 19.1. The molecule has 0 saturated carbocycles.